The van der Waals surface area contributed by atoms with Crippen LogP contribution in [-0.4, -0.2) is 27.2 Å². The molecule has 0 fully saturated rings. The fourth-order valence-electron chi connectivity index (χ4n) is 0.872. The molecular weight excluding hydrogens is 264 g/mol. The molecule has 1 N–H and O–H groups in total. The molecule has 2 unspecified atom stereocenters. The second-order valence-electron chi connectivity index (χ2n) is 3.04. The molecule has 0 spiro atoms. The first kappa shape index (κ1) is 11.7. The third-order valence-corrected chi connectivity index (χ3v) is 3.59. The van der Waals surface area contributed by atoms with Crippen molar-refractivity contribution in [3.63, 3.8) is 0 Å². The summed E-state index contributed by atoms with van der Waals surface area (Å²) >= 11 is 3.29. The molecule has 0 aliphatic carbocycles. The lowest BCUT2D eigenvalue weighted by Crippen LogP contribution is -2.21. The summed E-state index contributed by atoms with van der Waals surface area (Å²) in [6.45, 7) is 2.62. The Morgan fingerprint density at radius 3 is 2.93 bits per heavy atom. The Morgan fingerprint density at radius 2 is 2.36 bits per heavy atom. The van der Waals surface area contributed by atoms with Crippen molar-refractivity contribution < 1.29 is 4.21 Å². The van der Waals surface area contributed by atoms with Gasteiger partial charge >= 0.3 is 0 Å². The lowest BCUT2D eigenvalue weighted by molar-refractivity contribution is 0.679. The minimum absolute atomic E-state index is 0.135. The van der Waals surface area contributed by atoms with E-state index in [1.807, 2.05) is 25.1 Å². The van der Waals surface area contributed by atoms with Crippen LogP contribution in [0.1, 0.15) is 6.92 Å². The Labute approximate surface area is 94.9 Å². The van der Waals surface area contributed by atoms with Crippen LogP contribution in [-0.2, 0) is 10.8 Å². The zero-order chi connectivity index (χ0) is 10.6. The summed E-state index contributed by atoms with van der Waals surface area (Å²) in [4.78, 5) is 4.21. The van der Waals surface area contributed by atoms with Crippen molar-refractivity contribution in [3.05, 3.63) is 22.8 Å². The van der Waals surface area contributed by atoms with Crippen LogP contribution in [0.25, 0.3) is 0 Å². The molecule has 0 saturated heterocycles. The molecule has 0 amide bonds. The van der Waals surface area contributed by atoms with Gasteiger partial charge in [-0.1, -0.05) is 6.07 Å². The van der Waals surface area contributed by atoms with Gasteiger partial charge in [0.1, 0.15) is 10.4 Å². The molecule has 0 radical (unpaired) electrons. The highest BCUT2D eigenvalue weighted by molar-refractivity contribution is 9.10. The highest BCUT2D eigenvalue weighted by Gasteiger charge is 2.05. The van der Waals surface area contributed by atoms with Gasteiger partial charge in [-0.05, 0) is 35.0 Å². The van der Waals surface area contributed by atoms with Gasteiger partial charge < -0.3 is 5.32 Å². The molecule has 1 aromatic rings. The summed E-state index contributed by atoms with van der Waals surface area (Å²) in [6.07, 6.45) is 1.71. The second-order valence-corrected chi connectivity index (χ2v) is 5.65. The molecular formula is C9H13BrN2OS. The topological polar surface area (TPSA) is 42.0 Å². The van der Waals surface area contributed by atoms with Crippen molar-refractivity contribution in [2.45, 2.75) is 12.2 Å². The lowest BCUT2D eigenvalue weighted by atomic mass is 10.4. The van der Waals surface area contributed by atoms with Gasteiger partial charge in [0, 0.05) is 28.9 Å². The predicted molar refractivity (Wildman–Crippen MR) is 64.0 cm³/mol. The van der Waals surface area contributed by atoms with Crippen LogP contribution in [0.15, 0.2) is 22.8 Å². The van der Waals surface area contributed by atoms with E-state index < -0.39 is 10.8 Å². The molecule has 1 rings (SSSR count). The monoisotopic (exact) mass is 276 g/mol. The molecule has 3 nitrogen and oxygen atoms in total. The molecule has 0 aliphatic heterocycles. The van der Waals surface area contributed by atoms with Crippen LogP contribution < -0.4 is 5.32 Å². The Kier molecular flexibility index (Phi) is 4.54. The molecule has 78 valence electrons. The van der Waals surface area contributed by atoms with Gasteiger partial charge in [-0.3, -0.25) is 4.21 Å². The summed E-state index contributed by atoms with van der Waals surface area (Å²) in [6, 6.07) is 5.66. The average molecular weight is 277 g/mol. The Bertz CT molecular complexity index is 332. The number of anilines is 1. The summed E-state index contributed by atoms with van der Waals surface area (Å²) in [7, 11) is -0.791. The second kappa shape index (κ2) is 5.46. The standard InChI is InChI=1S/C9H13BrN2OS/c1-7(14(2)13)6-11-9-5-3-4-8(10)12-9/h3-5,7H,6H2,1-2H3,(H,11,12). The van der Waals surface area contributed by atoms with E-state index in [4.69, 9.17) is 0 Å². The van der Waals surface area contributed by atoms with Crippen LogP contribution in [0.4, 0.5) is 5.82 Å². The summed E-state index contributed by atoms with van der Waals surface area (Å²) in [5.74, 6) is 0.802. The van der Waals surface area contributed by atoms with Gasteiger partial charge in [-0.15, -0.1) is 0 Å². The van der Waals surface area contributed by atoms with Gasteiger partial charge in [0.2, 0.25) is 0 Å². The molecule has 1 heterocycles. The zero-order valence-electron chi connectivity index (χ0n) is 8.16. The number of nitrogens with one attached hydrogen (secondary N) is 1. The van der Waals surface area contributed by atoms with Gasteiger partial charge in [0.25, 0.3) is 0 Å². The summed E-state index contributed by atoms with van der Waals surface area (Å²) < 4.78 is 11.9. The fraction of sp³-hybridized carbons (Fsp3) is 0.444. The minimum Gasteiger partial charge on any atom is -0.369 e. The highest BCUT2D eigenvalue weighted by Crippen LogP contribution is 2.10. The highest BCUT2D eigenvalue weighted by atomic mass is 79.9. The van der Waals surface area contributed by atoms with Gasteiger partial charge in [0.05, 0.1) is 0 Å². The fourth-order valence-corrected chi connectivity index (χ4v) is 1.53. The molecule has 2 atom stereocenters. The number of rotatable bonds is 4. The van der Waals surface area contributed by atoms with E-state index in [2.05, 4.69) is 26.2 Å². The number of nitrogens with zero attached hydrogens (tertiary/aromatic N) is 1. The van der Waals surface area contributed by atoms with Crippen molar-refractivity contribution in [3.8, 4) is 0 Å². The van der Waals surface area contributed by atoms with Crippen LogP contribution >= 0.6 is 15.9 Å². The molecule has 0 aliphatic rings. The third-order valence-electron chi connectivity index (χ3n) is 1.85. The van der Waals surface area contributed by atoms with Crippen LogP contribution in [0.3, 0.4) is 0 Å². The first-order valence-electron chi connectivity index (χ1n) is 4.28. The quantitative estimate of drug-likeness (QED) is 0.856. The van der Waals surface area contributed by atoms with Crippen molar-refractivity contribution >= 4 is 32.5 Å². The van der Waals surface area contributed by atoms with E-state index in [9.17, 15) is 4.21 Å². The smallest absolute Gasteiger partial charge is 0.127 e. The zero-order valence-corrected chi connectivity index (χ0v) is 10.6. The number of aromatic nitrogens is 1. The first-order valence-corrected chi connectivity index (χ1v) is 6.69. The van der Waals surface area contributed by atoms with Gasteiger partial charge in [-0.25, -0.2) is 4.98 Å². The number of hydrogen-bond acceptors (Lipinski definition) is 3. The molecule has 0 saturated carbocycles. The van der Waals surface area contributed by atoms with Crippen molar-refractivity contribution in [2.75, 3.05) is 18.1 Å². The van der Waals surface area contributed by atoms with Crippen LogP contribution in [0.2, 0.25) is 0 Å². The maximum absolute atomic E-state index is 11.1. The van der Waals surface area contributed by atoms with E-state index >= 15 is 0 Å². The van der Waals surface area contributed by atoms with Crippen LogP contribution in [0.5, 0.6) is 0 Å². The number of hydrogen-bond donors (Lipinski definition) is 1. The van der Waals surface area contributed by atoms with E-state index in [1.165, 1.54) is 0 Å². The van der Waals surface area contributed by atoms with Crippen molar-refractivity contribution in [1.82, 2.24) is 4.98 Å². The van der Waals surface area contributed by atoms with E-state index in [-0.39, 0.29) is 5.25 Å². The third kappa shape index (κ3) is 3.75. The van der Waals surface area contributed by atoms with Gasteiger partial charge in [0.15, 0.2) is 0 Å². The normalized spacial score (nSPS) is 14.8. The SMILES string of the molecule is CC(CNc1cccc(Br)n1)S(C)=O. The Hall–Kier alpha value is -0.420. The van der Waals surface area contributed by atoms with E-state index in [1.54, 1.807) is 6.26 Å². The maximum atomic E-state index is 11.1. The molecule has 0 aromatic carbocycles. The largest absolute Gasteiger partial charge is 0.369 e. The molecule has 1 aromatic heterocycles. The Balaban J connectivity index is 2.49. The maximum Gasteiger partial charge on any atom is 0.127 e. The van der Waals surface area contributed by atoms with Crippen molar-refractivity contribution in [2.24, 2.45) is 0 Å². The Morgan fingerprint density at radius 1 is 1.64 bits per heavy atom. The number of pyridine rings is 1. The van der Waals surface area contributed by atoms with Crippen molar-refractivity contribution in [1.29, 1.82) is 0 Å². The number of halogens is 1. The first-order chi connectivity index (χ1) is 6.59. The van der Waals surface area contributed by atoms with E-state index in [0.717, 1.165) is 10.4 Å². The molecule has 14 heavy (non-hydrogen) atoms. The van der Waals surface area contributed by atoms with E-state index in [0.29, 0.717) is 6.54 Å². The van der Waals surface area contributed by atoms with Crippen LogP contribution in [0, 0.1) is 0 Å². The average Bonchev–Trinajstić information content (AvgIpc) is 2.14. The predicted octanol–water partition coefficient (Wildman–Crippen LogP) is 2.02. The molecule has 5 heteroatoms. The minimum atomic E-state index is -0.791. The summed E-state index contributed by atoms with van der Waals surface area (Å²) in [5, 5.41) is 3.27. The molecule has 0 bridgehead atoms. The lowest BCUT2D eigenvalue weighted by Gasteiger charge is -2.10. The van der Waals surface area contributed by atoms with Gasteiger partial charge in [-0.2, -0.15) is 0 Å². The summed E-state index contributed by atoms with van der Waals surface area (Å²) in [5.41, 5.74) is 0.